The Labute approximate surface area is 151 Å². The Balaban J connectivity index is 1.64. The molecule has 1 fully saturated rings. The zero-order chi connectivity index (χ0) is 18.7. The molecular weight excluding hydrogens is 334 g/mol. The molecule has 2 aromatic rings. The van der Waals surface area contributed by atoms with E-state index < -0.39 is 5.97 Å². The molecule has 0 radical (unpaired) electrons. The second-order valence-corrected chi connectivity index (χ2v) is 6.81. The second-order valence-electron chi connectivity index (χ2n) is 6.81. The molecule has 1 aromatic carbocycles. The van der Waals surface area contributed by atoms with Crippen molar-refractivity contribution in [1.82, 2.24) is 15.1 Å². The smallest absolute Gasteiger partial charge is 0.312 e. The van der Waals surface area contributed by atoms with Crippen LogP contribution in [0.25, 0.3) is 10.8 Å². The number of nitrogens with zero attached hydrogens (tertiary/aromatic N) is 2. The molecular formula is C19H23N3O4. The lowest BCUT2D eigenvalue weighted by Crippen LogP contribution is -2.49. The van der Waals surface area contributed by atoms with Crippen molar-refractivity contribution < 1.29 is 14.3 Å². The fourth-order valence-electron chi connectivity index (χ4n) is 3.62. The summed E-state index contributed by atoms with van der Waals surface area (Å²) in [7, 11) is 0. The predicted molar refractivity (Wildman–Crippen MR) is 96.6 cm³/mol. The van der Waals surface area contributed by atoms with Gasteiger partial charge in [-0.3, -0.25) is 14.4 Å². The number of piperidine rings is 1. The highest BCUT2D eigenvalue weighted by Crippen LogP contribution is 2.22. The summed E-state index contributed by atoms with van der Waals surface area (Å²) in [5, 5.41) is 7.42. The van der Waals surface area contributed by atoms with Gasteiger partial charge in [0.05, 0.1) is 17.5 Å². The maximum Gasteiger partial charge on any atom is 0.312 e. The predicted octanol–water partition coefficient (Wildman–Crippen LogP) is 1.80. The third-order valence-corrected chi connectivity index (χ3v) is 4.92. The average molecular weight is 357 g/mol. The number of H-pyrrole nitrogens is 1. The molecule has 7 heteroatoms. The summed E-state index contributed by atoms with van der Waals surface area (Å²) in [6.07, 6.45) is 2.95. The topological polar surface area (TPSA) is 92.4 Å². The van der Waals surface area contributed by atoms with Gasteiger partial charge < -0.3 is 9.64 Å². The standard InChI is InChI=1S/C19H23N3O4/c1-12-6-5-7-13(2)22(12)17(23)11-26-18(24)10-16-14-8-3-4-9-15(14)19(25)21-20-16/h3-4,8-9,12-13H,5-7,10-11H2,1-2H3,(H,21,25)/t12-,13-/m0/s1. The van der Waals surface area contributed by atoms with Crippen molar-refractivity contribution in [1.29, 1.82) is 0 Å². The first kappa shape index (κ1) is 18.1. The molecule has 1 N–H and O–H groups in total. The maximum atomic E-state index is 12.4. The first-order valence-corrected chi connectivity index (χ1v) is 8.90. The number of ether oxygens (including phenoxy) is 1. The average Bonchev–Trinajstić information content (AvgIpc) is 2.62. The van der Waals surface area contributed by atoms with Crippen LogP contribution in [0.5, 0.6) is 0 Å². The lowest BCUT2D eigenvalue weighted by Gasteiger charge is -2.38. The summed E-state index contributed by atoms with van der Waals surface area (Å²) < 4.78 is 5.17. The van der Waals surface area contributed by atoms with Gasteiger partial charge in [0, 0.05) is 17.5 Å². The summed E-state index contributed by atoms with van der Waals surface area (Å²) in [4.78, 5) is 38.2. The third kappa shape index (κ3) is 3.76. The van der Waals surface area contributed by atoms with Crippen LogP contribution in [0.15, 0.2) is 29.1 Å². The molecule has 0 saturated carbocycles. The van der Waals surface area contributed by atoms with Crippen molar-refractivity contribution in [2.45, 2.75) is 51.6 Å². The van der Waals surface area contributed by atoms with E-state index >= 15 is 0 Å². The number of amides is 1. The number of carbonyl (C=O) groups excluding carboxylic acids is 2. The van der Waals surface area contributed by atoms with Gasteiger partial charge in [0.15, 0.2) is 6.61 Å². The fraction of sp³-hybridized carbons (Fsp3) is 0.474. The molecule has 7 nitrogen and oxygen atoms in total. The first-order chi connectivity index (χ1) is 12.5. The molecule has 1 saturated heterocycles. The zero-order valence-corrected chi connectivity index (χ0v) is 15.0. The summed E-state index contributed by atoms with van der Waals surface area (Å²) in [5.74, 6) is -0.710. The largest absolute Gasteiger partial charge is 0.455 e. The van der Waals surface area contributed by atoms with Crippen LogP contribution in [0.3, 0.4) is 0 Å². The lowest BCUT2D eigenvalue weighted by atomic mass is 9.97. The van der Waals surface area contributed by atoms with Crippen LogP contribution in [-0.2, 0) is 20.7 Å². The van der Waals surface area contributed by atoms with Gasteiger partial charge >= 0.3 is 5.97 Å². The van der Waals surface area contributed by atoms with Crippen molar-refractivity contribution in [3.05, 3.63) is 40.3 Å². The van der Waals surface area contributed by atoms with Gasteiger partial charge in [-0.2, -0.15) is 5.10 Å². The second kappa shape index (κ2) is 7.68. The molecule has 0 unspecified atom stereocenters. The minimum absolute atomic E-state index is 0.102. The number of hydrogen-bond acceptors (Lipinski definition) is 5. The fourth-order valence-corrected chi connectivity index (χ4v) is 3.62. The molecule has 3 rings (SSSR count). The van der Waals surface area contributed by atoms with Crippen molar-refractivity contribution in [3.8, 4) is 0 Å². The van der Waals surface area contributed by atoms with Crippen molar-refractivity contribution >= 4 is 22.6 Å². The van der Waals surface area contributed by atoms with Gasteiger partial charge in [-0.1, -0.05) is 18.2 Å². The molecule has 1 aliphatic rings. The Morgan fingerprint density at radius 2 is 1.85 bits per heavy atom. The lowest BCUT2D eigenvalue weighted by molar-refractivity contribution is -0.154. The van der Waals surface area contributed by atoms with Crippen LogP contribution >= 0.6 is 0 Å². The van der Waals surface area contributed by atoms with Crippen molar-refractivity contribution in [2.24, 2.45) is 0 Å². The summed E-state index contributed by atoms with van der Waals surface area (Å²) in [6.45, 7) is 3.77. The van der Waals surface area contributed by atoms with E-state index in [2.05, 4.69) is 10.2 Å². The number of rotatable bonds is 4. The molecule has 0 spiro atoms. The number of aromatic amines is 1. The molecule has 1 aliphatic heterocycles. The number of fused-ring (bicyclic) bond motifs is 1. The highest BCUT2D eigenvalue weighted by atomic mass is 16.5. The van der Waals surface area contributed by atoms with Crippen LogP contribution in [0.4, 0.5) is 0 Å². The summed E-state index contributed by atoms with van der Waals surface area (Å²) >= 11 is 0. The van der Waals surface area contributed by atoms with E-state index in [9.17, 15) is 14.4 Å². The van der Waals surface area contributed by atoms with Crippen molar-refractivity contribution in [3.63, 3.8) is 0 Å². The van der Waals surface area contributed by atoms with Crippen LogP contribution in [0, 0.1) is 0 Å². The minimum Gasteiger partial charge on any atom is -0.455 e. The Hall–Kier alpha value is -2.70. The van der Waals surface area contributed by atoms with E-state index in [0.29, 0.717) is 16.5 Å². The van der Waals surface area contributed by atoms with Gasteiger partial charge in [0.25, 0.3) is 11.5 Å². The Morgan fingerprint density at radius 3 is 2.54 bits per heavy atom. The molecule has 1 aromatic heterocycles. The number of likely N-dealkylation sites (tertiary alicyclic amines) is 1. The molecule has 2 heterocycles. The number of aromatic nitrogens is 2. The van der Waals surface area contributed by atoms with Gasteiger partial charge in [0.1, 0.15) is 0 Å². The summed E-state index contributed by atoms with van der Waals surface area (Å²) in [5.41, 5.74) is 0.123. The van der Waals surface area contributed by atoms with E-state index in [-0.39, 0.29) is 36.6 Å². The normalized spacial score (nSPS) is 20.2. The van der Waals surface area contributed by atoms with Gasteiger partial charge in [-0.05, 0) is 39.2 Å². The quantitative estimate of drug-likeness (QED) is 0.843. The van der Waals surface area contributed by atoms with Gasteiger partial charge in [-0.25, -0.2) is 5.10 Å². The molecule has 138 valence electrons. The molecule has 2 atom stereocenters. The van der Waals surface area contributed by atoms with Crippen molar-refractivity contribution in [2.75, 3.05) is 6.61 Å². The van der Waals surface area contributed by atoms with Crippen LogP contribution in [-0.4, -0.2) is 45.7 Å². The third-order valence-electron chi connectivity index (χ3n) is 4.92. The SMILES string of the molecule is C[C@H]1CCC[C@H](C)N1C(=O)COC(=O)Cc1n[nH]c(=O)c2ccccc12. The first-order valence-electron chi connectivity index (χ1n) is 8.90. The van der Waals surface area contributed by atoms with E-state index in [1.54, 1.807) is 24.3 Å². The maximum absolute atomic E-state index is 12.4. The van der Waals surface area contributed by atoms with Gasteiger partial charge in [-0.15, -0.1) is 0 Å². The van der Waals surface area contributed by atoms with E-state index in [4.69, 9.17) is 4.74 Å². The highest BCUT2D eigenvalue weighted by molar-refractivity contribution is 5.87. The number of carbonyl (C=O) groups is 2. The number of nitrogens with one attached hydrogen (secondary N) is 1. The highest BCUT2D eigenvalue weighted by Gasteiger charge is 2.29. The molecule has 0 bridgehead atoms. The number of esters is 1. The minimum atomic E-state index is -0.541. The van der Waals surface area contributed by atoms with Crippen LogP contribution < -0.4 is 5.56 Å². The van der Waals surface area contributed by atoms with Crippen LogP contribution in [0.2, 0.25) is 0 Å². The summed E-state index contributed by atoms with van der Waals surface area (Å²) in [6, 6.07) is 7.26. The Bertz CT molecular complexity index is 866. The molecule has 0 aliphatic carbocycles. The van der Waals surface area contributed by atoms with E-state index in [0.717, 1.165) is 19.3 Å². The van der Waals surface area contributed by atoms with E-state index in [1.807, 2.05) is 18.7 Å². The molecule has 26 heavy (non-hydrogen) atoms. The van der Waals surface area contributed by atoms with E-state index in [1.165, 1.54) is 0 Å². The Kier molecular flexibility index (Phi) is 5.35. The monoisotopic (exact) mass is 357 g/mol. The Morgan fingerprint density at radius 1 is 1.19 bits per heavy atom. The van der Waals surface area contributed by atoms with Gasteiger partial charge in [0.2, 0.25) is 0 Å². The molecule has 1 amide bonds. The zero-order valence-electron chi connectivity index (χ0n) is 15.0. The number of hydrogen-bond donors (Lipinski definition) is 1. The van der Waals surface area contributed by atoms with Crippen LogP contribution in [0.1, 0.15) is 38.8 Å². The number of benzene rings is 1.